The van der Waals surface area contributed by atoms with Crippen LogP contribution in [0.15, 0.2) is 59.8 Å². The number of hydrazone groups is 1. The Kier molecular flexibility index (Phi) is 6.80. The predicted molar refractivity (Wildman–Crippen MR) is 119 cm³/mol. The van der Waals surface area contributed by atoms with Crippen molar-refractivity contribution in [3.8, 4) is 28.4 Å². The minimum Gasteiger partial charge on any atom is -0.493 e. The van der Waals surface area contributed by atoms with Crippen LogP contribution in [0.3, 0.4) is 0 Å². The van der Waals surface area contributed by atoms with E-state index in [-0.39, 0.29) is 0 Å². The molecule has 2 aromatic carbocycles. The van der Waals surface area contributed by atoms with Crippen molar-refractivity contribution < 1.29 is 9.47 Å². The molecule has 0 radical (unpaired) electrons. The van der Waals surface area contributed by atoms with Crippen LogP contribution in [0.1, 0.15) is 12.5 Å². The number of methoxy groups -OCH3 is 2. The molecule has 0 aliphatic rings. The van der Waals surface area contributed by atoms with Gasteiger partial charge < -0.3 is 14.8 Å². The van der Waals surface area contributed by atoms with Crippen LogP contribution in [0, 0.1) is 0 Å². The van der Waals surface area contributed by atoms with Gasteiger partial charge in [0.15, 0.2) is 16.6 Å². The fourth-order valence-electron chi connectivity index (χ4n) is 2.76. The van der Waals surface area contributed by atoms with Crippen LogP contribution >= 0.6 is 12.2 Å². The second kappa shape index (κ2) is 9.70. The fraction of sp³-hybridized carbons (Fsp3) is 0.190. The molecule has 0 saturated carbocycles. The summed E-state index contributed by atoms with van der Waals surface area (Å²) in [6.45, 7) is 2.70. The average molecular weight is 410 g/mol. The summed E-state index contributed by atoms with van der Waals surface area (Å²) in [6, 6.07) is 15.6. The minimum atomic E-state index is 0.465. The minimum absolute atomic E-state index is 0.465. The van der Waals surface area contributed by atoms with Crippen molar-refractivity contribution in [2.45, 2.75) is 6.92 Å². The maximum Gasteiger partial charge on any atom is 0.186 e. The van der Waals surface area contributed by atoms with E-state index >= 15 is 0 Å². The second-order valence-electron chi connectivity index (χ2n) is 6.01. The van der Waals surface area contributed by atoms with Gasteiger partial charge in [-0.3, -0.25) is 5.43 Å². The van der Waals surface area contributed by atoms with E-state index in [1.807, 2.05) is 66.3 Å². The molecule has 3 aromatic rings. The highest BCUT2D eigenvalue weighted by atomic mass is 32.1. The summed E-state index contributed by atoms with van der Waals surface area (Å²) in [5.41, 5.74) is 6.23. The van der Waals surface area contributed by atoms with Gasteiger partial charge in [-0.05, 0) is 49.5 Å². The topological polar surface area (TPSA) is 72.7 Å². The molecule has 3 rings (SSSR count). The lowest BCUT2D eigenvalue weighted by atomic mass is 10.1. The smallest absolute Gasteiger partial charge is 0.186 e. The molecule has 0 aliphatic carbocycles. The zero-order valence-corrected chi connectivity index (χ0v) is 17.4. The summed E-state index contributed by atoms with van der Waals surface area (Å²) in [4.78, 5) is 0. The number of rotatable bonds is 7. The van der Waals surface area contributed by atoms with Gasteiger partial charge in [0.05, 0.1) is 26.1 Å². The highest BCUT2D eigenvalue weighted by molar-refractivity contribution is 7.80. The largest absolute Gasteiger partial charge is 0.493 e. The van der Waals surface area contributed by atoms with Crippen molar-refractivity contribution in [2.24, 2.45) is 5.10 Å². The number of thiocarbonyl (C=S) groups is 1. The van der Waals surface area contributed by atoms with E-state index in [2.05, 4.69) is 15.8 Å². The number of benzene rings is 2. The summed E-state index contributed by atoms with van der Waals surface area (Å²) < 4.78 is 12.6. The van der Waals surface area contributed by atoms with Crippen molar-refractivity contribution in [3.05, 3.63) is 60.3 Å². The van der Waals surface area contributed by atoms with Crippen molar-refractivity contribution in [1.82, 2.24) is 20.5 Å². The number of hydrogen-bond acceptors (Lipinski definition) is 5. The Hall–Kier alpha value is -3.39. The molecule has 1 aromatic heterocycles. The summed E-state index contributed by atoms with van der Waals surface area (Å²) >= 11 is 5.15. The van der Waals surface area contributed by atoms with Crippen molar-refractivity contribution in [1.29, 1.82) is 0 Å². The summed E-state index contributed by atoms with van der Waals surface area (Å²) in [6.07, 6.45) is 3.62. The number of aromatic nitrogens is 2. The van der Waals surface area contributed by atoms with Crippen LogP contribution in [0.5, 0.6) is 11.5 Å². The number of nitrogens with one attached hydrogen (secondary N) is 2. The highest BCUT2D eigenvalue weighted by Crippen LogP contribution is 2.33. The molecule has 0 unspecified atom stereocenters. The summed E-state index contributed by atoms with van der Waals surface area (Å²) in [5.74, 6) is 1.29. The van der Waals surface area contributed by atoms with E-state index in [0.717, 1.165) is 29.1 Å². The molecular formula is C21H23N5O2S. The standard InChI is InChI=1S/C21H23N5O2S/c1-4-22-21(29)24-23-13-16-14-26(17-8-6-5-7-9-17)25-20(16)15-10-11-18(27-2)19(12-15)28-3/h5-14H,4H2,1-3H3,(H2,22,24,29)/b23-13-. The molecule has 1 heterocycles. The van der Waals surface area contributed by atoms with Crippen LogP contribution in [0.4, 0.5) is 0 Å². The Balaban J connectivity index is 2.01. The van der Waals surface area contributed by atoms with Gasteiger partial charge in [-0.1, -0.05) is 18.2 Å². The molecule has 150 valence electrons. The maximum atomic E-state index is 5.44. The van der Waals surface area contributed by atoms with Gasteiger partial charge in [0.1, 0.15) is 5.69 Å². The first-order valence-electron chi connectivity index (χ1n) is 9.10. The van der Waals surface area contributed by atoms with Gasteiger partial charge in [0.2, 0.25) is 0 Å². The van der Waals surface area contributed by atoms with Crippen LogP contribution < -0.4 is 20.2 Å². The molecule has 0 atom stereocenters. The number of para-hydroxylation sites is 1. The first-order valence-corrected chi connectivity index (χ1v) is 9.51. The number of ether oxygens (including phenoxy) is 2. The lowest BCUT2D eigenvalue weighted by Crippen LogP contribution is -2.31. The molecule has 0 amide bonds. The summed E-state index contributed by atoms with van der Waals surface area (Å²) in [5, 5.41) is 12.5. The molecule has 0 saturated heterocycles. The molecular weight excluding hydrogens is 386 g/mol. The van der Waals surface area contributed by atoms with Crippen LogP contribution in [-0.4, -0.2) is 41.9 Å². The second-order valence-corrected chi connectivity index (χ2v) is 6.42. The lowest BCUT2D eigenvalue weighted by Gasteiger charge is -2.09. The number of nitrogens with zero attached hydrogens (tertiary/aromatic N) is 3. The van der Waals surface area contributed by atoms with Crippen LogP contribution in [0.25, 0.3) is 16.9 Å². The van der Waals surface area contributed by atoms with E-state index in [9.17, 15) is 0 Å². The molecule has 8 heteroatoms. The monoisotopic (exact) mass is 409 g/mol. The van der Waals surface area contributed by atoms with Gasteiger partial charge in [-0.15, -0.1) is 0 Å². The Morgan fingerprint density at radius 1 is 1.14 bits per heavy atom. The number of hydrogen-bond donors (Lipinski definition) is 2. The van der Waals surface area contributed by atoms with Crippen molar-refractivity contribution >= 4 is 23.5 Å². The normalized spacial score (nSPS) is 10.7. The zero-order valence-electron chi connectivity index (χ0n) is 16.5. The third kappa shape index (κ3) is 4.91. The maximum absolute atomic E-state index is 5.44. The Labute approximate surface area is 175 Å². The van der Waals surface area contributed by atoms with E-state index in [0.29, 0.717) is 16.6 Å². The third-order valence-corrected chi connectivity index (χ3v) is 4.36. The molecule has 0 aliphatic heterocycles. The third-order valence-electron chi connectivity index (χ3n) is 4.13. The zero-order chi connectivity index (χ0) is 20.6. The Morgan fingerprint density at radius 3 is 2.59 bits per heavy atom. The van der Waals surface area contributed by atoms with E-state index in [4.69, 9.17) is 26.8 Å². The Bertz CT molecular complexity index is 1000. The first-order chi connectivity index (χ1) is 14.2. The fourth-order valence-corrected chi connectivity index (χ4v) is 2.96. The van der Waals surface area contributed by atoms with Crippen molar-refractivity contribution in [3.63, 3.8) is 0 Å². The highest BCUT2D eigenvalue weighted by Gasteiger charge is 2.14. The SMILES string of the molecule is CCNC(=S)N/N=C\c1cn(-c2ccccc2)nc1-c1ccc(OC)c(OC)c1. The van der Waals surface area contributed by atoms with Crippen LogP contribution in [-0.2, 0) is 0 Å². The van der Waals surface area contributed by atoms with Gasteiger partial charge in [-0.2, -0.15) is 10.2 Å². The van der Waals surface area contributed by atoms with E-state index in [1.165, 1.54) is 0 Å². The van der Waals surface area contributed by atoms with Crippen LogP contribution in [0.2, 0.25) is 0 Å². The van der Waals surface area contributed by atoms with Gasteiger partial charge in [-0.25, -0.2) is 4.68 Å². The van der Waals surface area contributed by atoms with E-state index in [1.54, 1.807) is 20.4 Å². The quantitative estimate of drug-likeness (QED) is 0.354. The molecule has 0 fully saturated rings. The molecule has 7 nitrogen and oxygen atoms in total. The van der Waals surface area contributed by atoms with Gasteiger partial charge in [0.25, 0.3) is 0 Å². The molecule has 2 N–H and O–H groups in total. The summed E-state index contributed by atoms with van der Waals surface area (Å²) in [7, 11) is 3.22. The predicted octanol–water partition coefficient (Wildman–Crippen LogP) is 3.37. The van der Waals surface area contributed by atoms with E-state index < -0.39 is 0 Å². The van der Waals surface area contributed by atoms with Gasteiger partial charge >= 0.3 is 0 Å². The lowest BCUT2D eigenvalue weighted by molar-refractivity contribution is 0.355. The average Bonchev–Trinajstić information content (AvgIpc) is 3.18. The first kappa shape index (κ1) is 20.3. The molecule has 29 heavy (non-hydrogen) atoms. The molecule has 0 bridgehead atoms. The van der Waals surface area contributed by atoms with Crippen molar-refractivity contribution in [2.75, 3.05) is 20.8 Å². The van der Waals surface area contributed by atoms with Gasteiger partial charge in [0, 0.05) is 23.9 Å². The Morgan fingerprint density at radius 2 is 1.90 bits per heavy atom. The molecule has 0 spiro atoms.